The number of H-pyrrole nitrogens is 1. The number of nitrogens with one attached hydrogen (secondary N) is 2. The summed E-state index contributed by atoms with van der Waals surface area (Å²) in [5.74, 6) is -0.219. The van der Waals surface area contributed by atoms with Crippen LogP contribution in [0, 0.1) is 23.6 Å². The molecule has 0 radical (unpaired) electrons. The van der Waals surface area contributed by atoms with E-state index in [9.17, 15) is 14.3 Å². The lowest BCUT2D eigenvalue weighted by Gasteiger charge is -2.47. The van der Waals surface area contributed by atoms with Gasteiger partial charge in [-0.25, -0.2) is 19.3 Å². The fourth-order valence-electron chi connectivity index (χ4n) is 5.59. The first-order chi connectivity index (χ1) is 15.5. The molecule has 3 saturated carbocycles. The van der Waals surface area contributed by atoms with E-state index in [4.69, 9.17) is 4.98 Å². The van der Waals surface area contributed by atoms with Gasteiger partial charge >= 0.3 is 5.97 Å². The molecule has 3 N–H and O–H groups in total. The number of halogens is 1. The van der Waals surface area contributed by atoms with E-state index >= 15 is 0 Å². The smallest absolute Gasteiger partial charge is 0.308 e. The van der Waals surface area contributed by atoms with E-state index in [0.717, 1.165) is 37.3 Å². The number of hydrogen-bond donors (Lipinski definition) is 3. The molecule has 0 amide bonds. The second-order valence-corrected chi connectivity index (χ2v) is 8.86. The number of aryl methyl sites for hydroxylation is 1. The van der Waals surface area contributed by atoms with E-state index in [1.54, 1.807) is 24.1 Å². The summed E-state index contributed by atoms with van der Waals surface area (Å²) in [5.41, 5.74) is 1.78. The second-order valence-electron chi connectivity index (χ2n) is 8.86. The van der Waals surface area contributed by atoms with Crippen LogP contribution in [0.3, 0.4) is 0 Å². The van der Waals surface area contributed by atoms with Crippen LogP contribution in [-0.2, 0) is 11.8 Å². The number of pyridine rings is 1. The highest BCUT2D eigenvalue weighted by Gasteiger charge is 2.47. The van der Waals surface area contributed by atoms with Gasteiger partial charge < -0.3 is 15.4 Å². The van der Waals surface area contributed by atoms with Gasteiger partial charge in [-0.3, -0.25) is 9.48 Å². The van der Waals surface area contributed by atoms with Crippen LogP contribution in [0.5, 0.6) is 0 Å². The lowest BCUT2D eigenvalue weighted by molar-refractivity contribution is -0.148. The number of aromatic nitrogens is 6. The molecule has 2 atom stereocenters. The number of carboxylic acids is 1. The van der Waals surface area contributed by atoms with Gasteiger partial charge in [0.25, 0.3) is 0 Å². The summed E-state index contributed by atoms with van der Waals surface area (Å²) in [5, 5.41) is 19.1. The first-order valence-corrected chi connectivity index (χ1v) is 10.8. The van der Waals surface area contributed by atoms with Crippen molar-refractivity contribution in [3.63, 3.8) is 0 Å². The molecule has 4 aromatic heterocycles. The highest BCUT2D eigenvalue weighted by atomic mass is 19.1. The van der Waals surface area contributed by atoms with E-state index in [1.165, 1.54) is 6.07 Å². The van der Waals surface area contributed by atoms with Crippen LogP contribution < -0.4 is 5.32 Å². The molecule has 0 spiro atoms. The average molecular weight is 435 g/mol. The summed E-state index contributed by atoms with van der Waals surface area (Å²) in [4.78, 5) is 28.7. The molecule has 0 aromatic carbocycles. The Labute approximate surface area is 182 Å². The summed E-state index contributed by atoms with van der Waals surface area (Å²) in [6.45, 7) is 0. The van der Waals surface area contributed by atoms with Crippen LogP contribution in [-0.4, -0.2) is 46.8 Å². The predicted octanol–water partition coefficient (Wildman–Crippen LogP) is 3.35. The molecule has 10 heteroatoms. The van der Waals surface area contributed by atoms with Gasteiger partial charge in [-0.15, -0.1) is 0 Å². The molecular weight excluding hydrogens is 413 g/mol. The standard InChI is InChI=1S/C22H22FN7O2/c1-30-21-15(9-26-30)20(27-17-11-4-2-10(3-5-11)16(17)22(31)32)28-19(29-21)14-8-25-18-13(14)6-12(23)7-24-18/h6-11,16-17H,2-5H2,1H3,(H,24,25)(H,31,32)(H,27,28,29). The van der Waals surface area contributed by atoms with Gasteiger partial charge in [-0.2, -0.15) is 5.10 Å². The van der Waals surface area contributed by atoms with Crippen molar-refractivity contribution in [1.29, 1.82) is 0 Å². The molecule has 164 valence electrons. The van der Waals surface area contributed by atoms with Crippen molar-refractivity contribution in [3.8, 4) is 11.4 Å². The molecule has 0 saturated heterocycles. The highest BCUT2D eigenvalue weighted by molar-refractivity contribution is 5.94. The normalized spacial score (nSPS) is 24.9. The zero-order valence-corrected chi connectivity index (χ0v) is 17.4. The van der Waals surface area contributed by atoms with E-state index in [-0.39, 0.29) is 17.9 Å². The van der Waals surface area contributed by atoms with E-state index < -0.39 is 17.7 Å². The van der Waals surface area contributed by atoms with Gasteiger partial charge in [0.1, 0.15) is 17.3 Å². The van der Waals surface area contributed by atoms with E-state index in [2.05, 4.69) is 25.4 Å². The molecule has 0 aliphatic heterocycles. The quantitative estimate of drug-likeness (QED) is 0.449. The van der Waals surface area contributed by atoms with Gasteiger partial charge in [0, 0.05) is 30.2 Å². The Bertz CT molecular complexity index is 1360. The van der Waals surface area contributed by atoms with Gasteiger partial charge in [0.05, 0.1) is 23.7 Å². The second kappa shape index (κ2) is 6.98. The lowest BCUT2D eigenvalue weighted by atomic mass is 9.61. The Kier molecular flexibility index (Phi) is 4.17. The van der Waals surface area contributed by atoms with Crippen molar-refractivity contribution in [2.24, 2.45) is 24.8 Å². The van der Waals surface area contributed by atoms with E-state index in [0.29, 0.717) is 33.9 Å². The van der Waals surface area contributed by atoms with Crippen molar-refractivity contribution < 1.29 is 14.3 Å². The van der Waals surface area contributed by atoms with Crippen LogP contribution in [0.2, 0.25) is 0 Å². The molecule has 3 aliphatic rings. The number of nitrogens with zero attached hydrogens (tertiary/aromatic N) is 5. The zero-order valence-electron chi connectivity index (χ0n) is 17.4. The predicted molar refractivity (Wildman–Crippen MR) is 115 cm³/mol. The number of anilines is 1. The molecule has 2 unspecified atom stereocenters. The molecule has 4 aromatic rings. The number of aromatic amines is 1. The van der Waals surface area contributed by atoms with Gasteiger partial charge in [-0.1, -0.05) is 0 Å². The van der Waals surface area contributed by atoms with Crippen molar-refractivity contribution in [2.75, 3.05) is 5.32 Å². The third-order valence-corrected chi connectivity index (χ3v) is 7.14. The van der Waals surface area contributed by atoms with Gasteiger partial charge in [0.2, 0.25) is 0 Å². The van der Waals surface area contributed by atoms with Crippen molar-refractivity contribution >= 4 is 33.9 Å². The third-order valence-electron chi connectivity index (χ3n) is 7.14. The number of fused-ring (bicyclic) bond motifs is 5. The summed E-state index contributed by atoms with van der Waals surface area (Å²) in [6, 6.07) is 1.20. The van der Waals surface area contributed by atoms with Crippen LogP contribution in [0.4, 0.5) is 10.2 Å². The lowest BCUT2D eigenvalue weighted by Crippen LogP contribution is -2.51. The molecule has 3 fully saturated rings. The monoisotopic (exact) mass is 435 g/mol. The van der Waals surface area contributed by atoms with Gasteiger partial charge in [-0.05, 0) is 43.6 Å². The first-order valence-electron chi connectivity index (χ1n) is 10.8. The summed E-state index contributed by atoms with van der Waals surface area (Å²) in [6.07, 6.45) is 8.53. The number of carboxylic acid groups (broad SMARTS) is 1. The molecule has 4 heterocycles. The largest absolute Gasteiger partial charge is 0.481 e. The fourth-order valence-corrected chi connectivity index (χ4v) is 5.59. The van der Waals surface area contributed by atoms with Crippen LogP contribution in [0.25, 0.3) is 33.5 Å². The summed E-state index contributed by atoms with van der Waals surface area (Å²) >= 11 is 0. The zero-order chi connectivity index (χ0) is 22.0. The van der Waals surface area contributed by atoms with Crippen molar-refractivity contribution in [1.82, 2.24) is 29.7 Å². The Morgan fingerprint density at radius 1 is 1.19 bits per heavy atom. The van der Waals surface area contributed by atoms with Crippen LogP contribution in [0.15, 0.2) is 24.7 Å². The minimum atomic E-state index is -0.758. The molecule has 2 bridgehead atoms. The Hall–Kier alpha value is -3.56. The fraction of sp³-hybridized carbons (Fsp3) is 0.409. The van der Waals surface area contributed by atoms with Crippen molar-refractivity contribution in [2.45, 2.75) is 31.7 Å². The maximum absolute atomic E-state index is 13.9. The molecule has 32 heavy (non-hydrogen) atoms. The Morgan fingerprint density at radius 2 is 1.97 bits per heavy atom. The van der Waals surface area contributed by atoms with E-state index in [1.807, 2.05) is 0 Å². The molecular formula is C22H22FN7O2. The molecule has 3 aliphatic carbocycles. The number of hydrogen-bond acceptors (Lipinski definition) is 6. The third kappa shape index (κ3) is 2.85. The summed E-state index contributed by atoms with van der Waals surface area (Å²) in [7, 11) is 1.79. The minimum absolute atomic E-state index is 0.184. The van der Waals surface area contributed by atoms with Gasteiger partial charge in [0.15, 0.2) is 11.5 Å². The maximum atomic E-state index is 13.9. The topological polar surface area (TPSA) is 122 Å². The number of aliphatic carboxylic acids is 1. The minimum Gasteiger partial charge on any atom is -0.481 e. The Balaban J connectivity index is 1.48. The maximum Gasteiger partial charge on any atom is 0.308 e. The Morgan fingerprint density at radius 3 is 2.75 bits per heavy atom. The SMILES string of the molecule is Cn1ncc2c(NC3C4CCC(CC4)C3C(=O)O)nc(-c3c[nH]c4ncc(F)cc34)nc21. The van der Waals surface area contributed by atoms with Crippen LogP contribution in [0.1, 0.15) is 25.7 Å². The number of carbonyl (C=O) groups is 1. The molecule has 9 nitrogen and oxygen atoms in total. The van der Waals surface area contributed by atoms with Crippen LogP contribution >= 0.6 is 0 Å². The summed E-state index contributed by atoms with van der Waals surface area (Å²) < 4.78 is 15.5. The first kappa shape index (κ1) is 19.1. The molecule has 7 rings (SSSR count). The average Bonchev–Trinajstić information content (AvgIpc) is 3.37. The number of rotatable bonds is 4. The van der Waals surface area contributed by atoms with Crippen molar-refractivity contribution in [3.05, 3.63) is 30.5 Å². The highest BCUT2D eigenvalue weighted by Crippen LogP contribution is 2.46.